The zero-order chi connectivity index (χ0) is 11.4. The number of benzene rings is 1. The summed E-state index contributed by atoms with van der Waals surface area (Å²) in [6.07, 6.45) is 0.0495. The van der Waals surface area contributed by atoms with Gasteiger partial charge in [0.25, 0.3) is 0 Å². The SMILES string of the molecule is COc1c(F)cc(CF)cc1CC(C)=O. The number of ketones is 1. The van der Waals surface area contributed by atoms with Gasteiger partial charge in [-0.1, -0.05) is 0 Å². The van der Waals surface area contributed by atoms with Crippen LogP contribution in [0.2, 0.25) is 0 Å². The van der Waals surface area contributed by atoms with Crippen molar-refractivity contribution in [3.8, 4) is 5.75 Å². The summed E-state index contributed by atoms with van der Waals surface area (Å²) >= 11 is 0. The highest BCUT2D eigenvalue weighted by Gasteiger charge is 2.12. The summed E-state index contributed by atoms with van der Waals surface area (Å²) in [5.74, 6) is -0.741. The zero-order valence-electron chi connectivity index (χ0n) is 8.64. The number of rotatable bonds is 4. The van der Waals surface area contributed by atoms with E-state index in [0.717, 1.165) is 6.07 Å². The number of Topliss-reactive ketones (excluding diaryl/α,β-unsaturated/α-hetero) is 1. The lowest BCUT2D eigenvalue weighted by atomic mass is 10.0. The van der Waals surface area contributed by atoms with E-state index in [4.69, 9.17) is 4.74 Å². The van der Waals surface area contributed by atoms with E-state index in [-0.39, 0.29) is 23.5 Å². The maximum absolute atomic E-state index is 13.3. The van der Waals surface area contributed by atoms with Crippen LogP contribution in [0.1, 0.15) is 18.1 Å². The smallest absolute Gasteiger partial charge is 0.165 e. The third kappa shape index (κ3) is 2.75. The molecule has 0 saturated heterocycles. The van der Waals surface area contributed by atoms with Crippen LogP contribution in [0.3, 0.4) is 0 Å². The van der Waals surface area contributed by atoms with Crippen LogP contribution < -0.4 is 4.74 Å². The molecule has 0 spiro atoms. The molecular weight excluding hydrogens is 202 g/mol. The number of hydrogen-bond donors (Lipinski definition) is 0. The van der Waals surface area contributed by atoms with Crippen molar-refractivity contribution in [3.05, 3.63) is 29.1 Å². The number of ether oxygens (including phenoxy) is 1. The molecule has 1 aromatic rings. The molecule has 4 heteroatoms. The summed E-state index contributed by atoms with van der Waals surface area (Å²) in [4.78, 5) is 10.9. The first-order chi connectivity index (χ1) is 7.08. The van der Waals surface area contributed by atoms with Crippen molar-refractivity contribution in [2.75, 3.05) is 7.11 Å². The average Bonchev–Trinajstić information content (AvgIpc) is 2.16. The standard InChI is InChI=1S/C11H12F2O2/c1-7(14)3-9-4-8(6-12)5-10(13)11(9)15-2/h4-5H,3,6H2,1-2H3. The molecule has 1 rings (SSSR count). The van der Waals surface area contributed by atoms with E-state index >= 15 is 0 Å². The number of alkyl halides is 1. The molecule has 0 aliphatic carbocycles. The van der Waals surface area contributed by atoms with Gasteiger partial charge in [-0.3, -0.25) is 4.79 Å². The Labute approximate surface area is 86.9 Å². The van der Waals surface area contributed by atoms with Gasteiger partial charge in [0.1, 0.15) is 12.5 Å². The third-order valence-electron chi connectivity index (χ3n) is 1.98. The Hall–Kier alpha value is -1.45. The first-order valence-corrected chi connectivity index (χ1v) is 4.49. The lowest BCUT2D eigenvalue weighted by molar-refractivity contribution is -0.116. The van der Waals surface area contributed by atoms with Gasteiger partial charge in [-0.15, -0.1) is 0 Å². The second kappa shape index (κ2) is 4.87. The second-order valence-corrected chi connectivity index (χ2v) is 3.28. The predicted molar refractivity (Wildman–Crippen MR) is 52.1 cm³/mol. The Kier molecular flexibility index (Phi) is 3.77. The number of methoxy groups -OCH3 is 1. The van der Waals surface area contributed by atoms with E-state index in [1.807, 2.05) is 0 Å². The minimum absolute atomic E-state index is 0.0161. The van der Waals surface area contributed by atoms with Crippen molar-refractivity contribution in [1.82, 2.24) is 0 Å². The maximum Gasteiger partial charge on any atom is 0.165 e. The average molecular weight is 214 g/mol. The van der Waals surface area contributed by atoms with Crippen LogP contribution in [-0.4, -0.2) is 12.9 Å². The van der Waals surface area contributed by atoms with Crippen molar-refractivity contribution < 1.29 is 18.3 Å². The highest BCUT2D eigenvalue weighted by atomic mass is 19.1. The van der Waals surface area contributed by atoms with Gasteiger partial charge in [0.05, 0.1) is 7.11 Å². The summed E-state index contributed by atoms with van der Waals surface area (Å²) in [7, 11) is 1.32. The quantitative estimate of drug-likeness (QED) is 0.769. The van der Waals surface area contributed by atoms with Gasteiger partial charge >= 0.3 is 0 Å². The number of carbonyl (C=O) groups excluding carboxylic acids is 1. The highest BCUT2D eigenvalue weighted by Crippen LogP contribution is 2.25. The molecule has 0 aliphatic rings. The topological polar surface area (TPSA) is 26.3 Å². The lowest BCUT2D eigenvalue weighted by Crippen LogP contribution is -2.02. The second-order valence-electron chi connectivity index (χ2n) is 3.28. The summed E-state index contributed by atoms with van der Waals surface area (Å²) in [5, 5.41) is 0. The van der Waals surface area contributed by atoms with E-state index in [1.54, 1.807) is 0 Å². The fourth-order valence-corrected chi connectivity index (χ4v) is 1.42. The van der Waals surface area contributed by atoms with Gasteiger partial charge < -0.3 is 4.74 Å². The van der Waals surface area contributed by atoms with Gasteiger partial charge in [0.15, 0.2) is 11.6 Å². The van der Waals surface area contributed by atoms with Gasteiger partial charge in [-0.25, -0.2) is 8.78 Å². The zero-order valence-corrected chi connectivity index (χ0v) is 8.64. The molecule has 0 amide bonds. The van der Waals surface area contributed by atoms with E-state index in [2.05, 4.69) is 0 Å². The minimum Gasteiger partial charge on any atom is -0.493 e. The summed E-state index contributed by atoms with van der Waals surface area (Å²) < 4.78 is 30.5. The molecular formula is C11H12F2O2. The Morgan fingerprint density at radius 3 is 2.60 bits per heavy atom. The number of hydrogen-bond acceptors (Lipinski definition) is 2. The highest BCUT2D eigenvalue weighted by molar-refractivity contribution is 5.79. The number of carbonyl (C=O) groups is 1. The number of halogens is 2. The normalized spacial score (nSPS) is 10.1. The van der Waals surface area contributed by atoms with Gasteiger partial charge in [0, 0.05) is 12.0 Å². The lowest BCUT2D eigenvalue weighted by Gasteiger charge is -2.09. The van der Waals surface area contributed by atoms with Crippen molar-refractivity contribution in [1.29, 1.82) is 0 Å². The fraction of sp³-hybridized carbons (Fsp3) is 0.364. The Balaban J connectivity index is 3.19. The molecule has 0 aliphatic heterocycles. The van der Waals surface area contributed by atoms with E-state index < -0.39 is 12.5 Å². The van der Waals surface area contributed by atoms with E-state index in [0.29, 0.717) is 5.56 Å². The van der Waals surface area contributed by atoms with Crippen molar-refractivity contribution in [3.63, 3.8) is 0 Å². The van der Waals surface area contributed by atoms with Crippen LogP contribution in [0.15, 0.2) is 12.1 Å². The van der Waals surface area contributed by atoms with Crippen LogP contribution >= 0.6 is 0 Å². The summed E-state index contributed by atoms with van der Waals surface area (Å²) in [5.41, 5.74) is 0.599. The van der Waals surface area contributed by atoms with Gasteiger partial charge in [-0.2, -0.15) is 0 Å². The summed E-state index contributed by atoms with van der Waals surface area (Å²) in [6, 6.07) is 2.52. The predicted octanol–water partition coefficient (Wildman–Crippen LogP) is 2.44. The van der Waals surface area contributed by atoms with Crippen molar-refractivity contribution in [2.45, 2.75) is 20.0 Å². The fourth-order valence-electron chi connectivity index (χ4n) is 1.42. The van der Waals surface area contributed by atoms with Crippen LogP contribution in [0, 0.1) is 5.82 Å². The molecule has 0 aromatic heterocycles. The largest absolute Gasteiger partial charge is 0.493 e. The maximum atomic E-state index is 13.3. The van der Waals surface area contributed by atoms with Crippen LogP contribution in [0.25, 0.3) is 0 Å². The first kappa shape index (κ1) is 11.6. The molecule has 0 heterocycles. The third-order valence-corrected chi connectivity index (χ3v) is 1.98. The van der Waals surface area contributed by atoms with Crippen LogP contribution in [0.4, 0.5) is 8.78 Å². The molecule has 0 bridgehead atoms. The molecule has 2 nitrogen and oxygen atoms in total. The van der Waals surface area contributed by atoms with Crippen molar-refractivity contribution in [2.24, 2.45) is 0 Å². The van der Waals surface area contributed by atoms with Crippen LogP contribution in [-0.2, 0) is 17.9 Å². The molecule has 0 saturated carbocycles. The van der Waals surface area contributed by atoms with E-state index in [1.165, 1.54) is 20.1 Å². The minimum atomic E-state index is -0.758. The Morgan fingerprint density at radius 2 is 2.13 bits per heavy atom. The molecule has 82 valence electrons. The Bertz CT molecular complexity index is 375. The Morgan fingerprint density at radius 1 is 1.47 bits per heavy atom. The van der Waals surface area contributed by atoms with Crippen molar-refractivity contribution >= 4 is 5.78 Å². The molecule has 0 unspecified atom stereocenters. The summed E-state index contributed by atoms with van der Waals surface area (Å²) in [6.45, 7) is 0.630. The molecule has 15 heavy (non-hydrogen) atoms. The first-order valence-electron chi connectivity index (χ1n) is 4.49. The van der Waals surface area contributed by atoms with Crippen LogP contribution in [0.5, 0.6) is 5.75 Å². The molecule has 0 N–H and O–H groups in total. The molecule has 0 atom stereocenters. The molecule has 0 radical (unpaired) electrons. The molecule has 1 aromatic carbocycles. The molecule has 0 fully saturated rings. The monoisotopic (exact) mass is 214 g/mol. The van der Waals surface area contributed by atoms with E-state index in [9.17, 15) is 13.6 Å². The van der Waals surface area contributed by atoms with Gasteiger partial charge in [0.2, 0.25) is 0 Å². The van der Waals surface area contributed by atoms with Gasteiger partial charge in [-0.05, 0) is 24.6 Å².